The zero-order chi connectivity index (χ0) is 17.9. The molecule has 1 N–H and O–H groups in total. The summed E-state index contributed by atoms with van der Waals surface area (Å²) in [5.41, 5.74) is 2.69. The van der Waals surface area contributed by atoms with Crippen molar-refractivity contribution in [2.75, 3.05) is 27.7 Å². The van der Waals surface area contributed by atoms with Gasteiger partial charge in [-0.3, -0.25) is 9.89 Å². The fraction of sp³-hybridized carbons (Fsp3) is 0.550. The van der Waals surface area contributed by atoms with E-state index in [2.05, 4.69) is 78.9 Å². The summed E-state index contributed by atoms with van der Waals surface area (Å²) in [6.45, 7) is 11.0. The predicted octanol–water partition coefficient (Wildman–Crippen LogP) is 3.50. The lowest BCUT2D eigenvalue weighted by atomic mass is 10.1. The summed E-state index contributed by atoms with van der Waals surface area (Å²) in [6, 6.07) is 9.17. The number of benzene rings is 1. The zero-order valence-corrected chi connectivity index (χ0v) is 16.0. The third-order valence-electron chi connectivity index (χ3n) is 4.33. The molecule has 4 heteroatoms. The predicted molar refractivity (Wildman–Crippen MR) is 105 cm³/mol. The molecule has 0 bridgehead atoms. The Morgan fingerprint density at radius 2 is 1.92 bits per heavy atom. The van der Waals surface area contributed by atoms with Crippen LogP contribution in [0.2, 0.25) is 0 Å². The van der Waals surface area contributed by atoms with E-state index >= 15 is 0 Å². The van der Waals surface area contributed by atoms with Gasteiger partial charge in [-0.05, 0) is 44.9 Å². The molecule has 0 aliphatic heterocycles. The lowest BCUT2D eigenvalue weighted by molar-refractivity contribution is 0.265. The van der Waals surface area contributed by atoms with Crippen LogP contribution in [0.25, 0.3) is 0 Å². The van der Waals surface area contributed by atoms with Crippen molar-refractivity contribution < 1.29 is 0 Å². The van der Waals surface area contributed by atoms with Gasteiger partial charge in [0.15, 0.2) is 5.96 Å². The number of nitrogens with zero attached hydrogens (tertiary/aromatic N) is 3. The first-order valence-corrected chi connectivity index (χ1v) is 8.79. The second kappa shape index (κ2) is 10.9. The molecule has 24 heavy (non-hydrogen) atoms. The van der Waals surface area contributed by atoms with Crippen LogP contribution in [0.15, 0.2) is 41.9 Å². The Kier molecular flexibility index (Phi) is 9.16. The third kappa shape index (κ3) is 6.75. The van der Waals surface area contributed by atoms with Gasteiger partial charge in [0.05, 0.1) is 0 Å². The van der Waals surface area contributed by atoms with Gasteiger partial charge in [0.1, 0.15) is 0 Å². The van der Waals surface area contributed by atoms with Gasteiger partial charge in [0.25, 0.3) is 0 Å². The maximum absolute atomic E-state index is 4.40. The van der Waals surface area contributed by atoms with Crippen LogP contribution in [0.3, 0.4) is 0 Å². The number of hydrogen-bond acceptors (Lipinski definition) is 2. The van der Waals surface area contributed by atoms with Gasteiger partial charge in [-0.25, -0.2) is 0 Å². The molecular formula is C20H34N4. The van der Waals surface area contributed by atoms with Crippen molar-refractivity contribution in [2.45, 2.75) is 45.8 Å². The summed E-state index contributed by atoms with van der Waals surface area (Å²) < 4.78 is 0. The molecular weight excluding hydrogens is 296 g/mol. The second-order valence-corrected chi connectivity index (χ2v) is 6.53. The molecule has 0 atom stereocenters. The molecule has 0 fully saturated rings. The van der Waals surface area contributed by atoms with Gasteiger partial charge in [-0.2, -0.15) is 0 Å². The summed E-state index contributed by atoms with van der Waals surface area (Å²) in [5, 5.41) is 3.49. The van der Waals surface area contributed by atoms with Crippen molar-refractivity contribution in [1.29, 1.82) is 0 Å². The number of allylic oxidation sites excluding steroid dienone is 1. The minimum atomic E-state index is 0.537. The maximum atomic E-state index is 4.40. The highest BCUT2D eigenvalue weighted by molar-refractivity contribution is 5.79. The van der Waals surface area contributed by atoms with Crippen molar-refractivity contribution >= 4 is 5.96 Å². The van der Waals surface area contributed by atoms with Gasteiger partial charge in [0.2, 0.25) is 0 Å². The zero-order valence-electron chi connectivity index (χ0n) is 16.0. The normalized spacial score (nSPS) is 11.9. The maximum Gasteiger partial charge on any atom is 0.193 e. The van der Waals surface area contributed by atoms with Crippen LogP contribution in [-0.2, 0) is 13.1 Å². The van der Waals surface area contributed by atoms with Crippen molar-refractivity contribution in [2.24, 2.45) is 4.99 Å². The average molecular weight is 331 g/mol. The van der Waals surface area contributed by atoms with Crippen LogP contribution in [0.5, 0.6) is 0 Å². The average Bonchev–Trinajstić information content (AvgIpc) is 2.56. The Balaban J connectivity index is 2.66. The van der Waals surface area contributed by atoms with E-state index in [1.807, 2.05) is 13.1 Å². The fourth-order valence-corrected chi connectivity index (χ4v) is 2.47. The molecule has 0 saturated carbocycles. The number of guanidine groups is 1. The smallest absolute Gasteiger partial charge is 0.193 e. The minimum absolute atomic E-state index is 0.537. The van der Waals surface area contributed by atoms with E-state index in [9.17, 15) is 0 Å². The lowest BCUT2D eigenvalue weighted by Gasteiger charge is -2.24. The fourth-order valence-electron chi connectivity index (χ4n) is 2.47. The van der Waals surface area contributed by atoms with Gasteiger partial charge < -0.3 is 10.2 Å². The highest BCUT2D eigenvalue weighted by Crippen LogP contribution is 2.12. The van der Waals surface area contributed by atoms with E-state index in [4.69, 9.17) is 0 Å². The Labute approximate surface area is 148 Å². The molecule has 0 aliphatic carbocycles. The largest absolute Gasteiger partial charge is 0.352 e. The summed E-state index contributed by atoms with van der Waals surface area (Å²) in [6.07, 6.45) is 4.09. The Morgan fingerprint density at radius 3 is 2.50 bits per heavy atom. The van der Waals surface area contributed by atoms with E-state index in [1.165, 1.54) is 11.1 Å². The molecule has 0 heterocycles. The van der Waals surface area contributed by atoms with Gasteiger partial charge in [-0.1, -0.05) is 30.3 Å². The van der Waals surface area contributed by atoms with Crippen molar-refractivity contribution in [3.05, 3.63) is 48.0 Å². The standard InChI is InChI=1S/C20H34N4/c1-7-8-11-14-23(5)20(21-4)22-15-18-12-9-10-13-19(18)16-24(6)17(2)3/h7,9-10,12-13,17H,1,8,11,14-16H2,2-6H3,(H,21,22). The minimum Gasteiger partial charge on any atom is -0.352 e. The first kappa shape index (κ1) is 20.2. The van der Waals surface area contributed by atoms with Crippen molar-refractivity contribution in [3.8, 4) is 0 Å². The van der Waals surface area contributed by atoms with Crippen LogP contribution >= 0.6 is 0 Å². The van der Waals surface area contributed by atoms with Gasteiger partial charge in [-0.15, -0.1) is 6.58 Å². The molecule has 4 nitrogen and oxygen atoms in total. The molecule has 0 amide bonds. The number of rotatable bonds is 9. The lowest BCUT2D eigenvalue weighted by Crippen LogP contribution is -2.39. The highest BCUT2D eigenvalue weighted by atomic mass is 15.3. The van der Waals surface area contributed by atoms with E-state index in [-0.39, 0.29) is 0 Å². The molecule has 134 valence electrons. The second-order valence-electron chi connectivity index (χ2n) is 6.53. The topological polar surface area (TPSA) is 30.9 Å². The quantitative estimate of drug-likeness (QED) is 0.325. The first-order valence-electron chi connectivity index (χ1n) is 8.79. The molecule has 0 saturated heterocycles. The number of nitrogens with one attached hydrogen (secondary N) is 1. The summed E-state index contributed by atoms with van der Waals surface area (Å²) >= 11 is 0. The summed E-state index contributed by atoms with van der Waals surface area (Å²) in [4.78, 5) is 8.93. The molecule has 0 aliphatic rings. The van der Waals surface area contributed by atoms with Crippen LogP contribution in [0.4, 0.5) is 0 Å². The SMILES string of the molecule is C=CCCCN(C)C(=NC)NCc1ccccc1CN(C)C(C)C. The molecule has 1 aromatic rings. The monoisotopic (exact) mass is 330 g/mol. The van der Waals surface area contributed by atoms with E-state index in [1.54, 1.807) is 0 Å². The number of aliphatic imine (C=N–C) groups is 1. The van der Waals surface area contributed by atoms with E-state index in [0.717, 1.165) is 38.4 Å². The van der Waals surface area contributed by atoms with Crippen LogP contribution in [-0.4, -0.2) is 49.5 Å². The third-order valence-corrected chi connectivity index (χ3v) is 4.33. The number of hydrogen-bond donors (Lipinski definition) is 1. The molecule has 0 unspecified atom stereocenters. The molecule has 1 rings (SSSR count). The van der Waals surface area contributed by atoms with Gasteiger partial charge >= 0.3 is 0 Å². The Hall–Kier alpha value is -1.81. The van der Waals surface area contributed by atoms with Crippen LogP contribution in [0, 0.1) is 0 Å². The summed E-state index contributed by atoms with van der Waals surface area (Å²) in [5.74, 6) is 0.936. The van der Waals surface area contributed by atoms with E-state index < -0.39 is 0 Å². The Bertz CT molecular complexity index is 522. The molecule has 0 aromatic heterocycles. The molecule has 0 radical (unpaired) electrons. The van der Waals surface area contributed by atoms with Crippen molar-refractivity contribution in [1.82, 2.24) is 15.1 Å². The first-order chi connectivity index (χ1) is 11.5. The van der Waals surface area contributed by atoms with Crippen molar-refractivity contribution in [3.63, 3.8) is 0 Å². The molecule has 0 spiro atoms. The van der Waals surface area contributed by atoms with Crippen LogP contribution in [0.1, 0.15) is 37.8 Å². The summed E-state index contributed by atoms with van der Waals surface area (Å²) in [7, 11) is 6.09. The van der Waals surface area contributed by atoms with Crippen LogP contribution < -0.4 is 5.32 Å². The Morgan fingerprint density at radius 1 is 1.25 bits per heavy atom. The van der Waals surface area contributed by atoms with E-state index in [0.29, 0.717) is 6.04 Å². The number of unbranched alkanes of at least 4 members (excludes halogenated alkanes) is 1. The highest BCUT2D eigenvalue weighted by Gasteiger charge is 2.10. The van der Waals surface area contributed by atoms with Gasteiger partial charge in [0, 0.05) is 39.8 Å². The molecule has 1 aromatic carbocycles.